The Morgan fingerprint density at radius 3 is 2.65 bits per heavy atom. The van der Waals surface area contributed by atoms with Gasteiger partial charge in [-0.05, 0) is 36.0 Å². The van der Waals surface area contributed by atoms with E-state index in [2.05, 4.69) is 13.8 Å². The molecule has 0 N–H and O–H groups in total. The molecule has 2 bridgehead atoms. The zero-order chi connectivity index (χ0) is 21.7. The number of hydrogen-bond acceptors (Lipinski definition) is 3. The number of aromatic nitrogens is 1. The minimum atomic E-state index is -0.457. The monoisotopic (exact) mass is 419 g/mol. The van der Waals surface area contributed by atoms with Crippen molar-refractivity contribution in [1.29, 1.82) is 0 Å². The van der Waals surface area contributed by atoms with Crippen LogP contribution in [0.1, 0.15) is 54.2 Å². The Morgan fingerprint density at radius 1 is 1.06 bits per heavy atom. The highest BCUT2D eigenvalue weighted by Crippen LogP contribution is 2.36. The van der Waals surface area contributed by atoms with E-state index < -0.39 is 6.04 Å². The highest BCUT2D eigenvalue weighted by molar-refractivity contribution is 6.01. The number of carbonyl (C=O) groups is 2. The molecule has 0 radical (unpaired) electrons. The average molecular weight is 420 g/mol. The topological polar surface area (TPSA) is 62.6 Å². The SMILES string of the molecule is CC[C@H](C)[C@@H](C(=O)N1C[C@H]2C[C@@H](C1)c1cccc(=O)n1C2)N1Cc2ccccc2C1=O. The lowest BCUT2D eigenvalue weighted by molar-refractivity contribution is -0.141. The molecule has 0 spiro atoms. The zero-order valence-electron chi connectivity index (χ0n) is 18.2. The molecule has 3 aliphatic rings. The van der Waals surface area contributed by atoms with Gasteiger partial charge in [-0.25, -0.2) is 0 Å². The molecular weight excluding hydrogens is 390 g/mol. The van der Waals surface area contributed by atoms with Gasteiger partial charge in [-0.1, -0.05) is 44.5 Å². The molecule has 31 heavy (non-hydrogen) atoms. The maximum absolute atomic E-state index is 13.9. The third-order valence-electron chi connectivity index (χ3n) is 7.41. The van der Waals surface area contributed by atoms with E-state index in [0.717, 1.165) is 24.1 Å². The van der Waals surface area contributed by atoms with Crippen molar-refractivity contribution in [3.8, 4) is 0 Å². The number of hydrogen-bond donors (Lipinski definition) is 0. The molecule has 2 amide bonds. The number of benzene rings is 1. The summed E-state index contributed by atoms with van der Waals surface area (Å²) in [5, 5.41) is 0. The quantitative estimate of drug-likeness (QED) is 0.766. The Hall–Kier alpha value is -2.89. The van der Waals surface area contributed by atoms with Crippen LogP contribution in [0.5, 0.6) is 0 Å². The number of fused-ring (bicyclic) bond motifs is 5. The van der Waals surface area contributed by atoms with Crippen molar-refractivity contribution in [2.24, 2.45) is 11.8 Å². The molecule has 4 atom stereocenters. The maximum atomic E-state index is 13.9. The van der Waals surface area contributed by atoms with Crippen molar-refractivity contribution in [2.45, 2.75) is 51.7 Å². The second-order valence-corrected chi connectivity index (χ2v) is 9.36. The second kappa shape index (κ2) is 7.66. The van der Waals surface area contributed by atoms with Crippen molar-refractivity contribution in [2.75, 3.05) is 13.1 Å². The molecule has 1 saturated heterocycles. The Morgan fingerprint density at radius 2 is 1.87 bits per heavy atom. The predicted octanol–water partition coefficient (Wildman–Crippen LogP) is 2.86. The van der Waals surface area contributed by atoms with Gasteiger partial charge in [0.2, 0.25) is 5.91 Å². The van der Waals surface area contributed by atoms with Crippen LogP contribution in [0, 0.1) is 11.8 Å². The molecule has 4 heterocycles. The van der Waals surface area contributed by atoms with Gasteiger partial charge >= 0.3 is 0 Å². The summed E-state index contributed by atoms with van der Waals surface area (Å²) >= 11 is 0. The van der Waals surface area contributed by atoms with Gasteiger partial charge in [-0.3, -0.25) is 14.4 Å². The number of piperidine rings is 1. The van der Waals surface area contributed by atoms with Crippen LogP contribution in [0.3, 0.4) is 0 Å². The Bertz CT molecular complexity index is 1090. The van der Waals surface area contributed by atoms with E-state index in [1.165, 1.54) is 0 Å². The number of nitrogens with zero attached hydrogens (tertiary/aromatic N) is 3. The molecule has 6 nitrogen and oxygen atoms in total. The lowest BCUT2D eigenvalue weighted by atomic mass is 9.82. The third kappa shape index (κ3) is 3.29. The van der Waals surface area contributed by atoms with Gasteiger partial charge in [0, 0.05) is 49.4 Å². The highest BCUT2D eigenvalue weighted by Gasteiger charge is 2.43. The number of rotatable bonds is 4. The molecule has 162 valence electrons. The summed E-state index contributed by atoms with van der Waals surface area (Å²) in [6.45, 7) is 6.56. The molecule has 0 aliphatic carbocycles. The Kier molecular flexibility index (Phi) is 4.95. The van der Waals surface area contributed by atoms with E-state index in [0.29, 0.717) is 31.7 Å². The fourth-order valence-corrected chi connectivity index (χ4v) is 5.67. The standard InChI is InChI=1S/C25H29N3O3/c1-3-16(2)23(28-15-18-7-4-5-8-20(18)24(28)30)25(31)26-12-17-11-19(14-26)21-9-6-10-22(29)27(21)13-17/h4-10,16-17,19,23H,3,11-15H2,1-2H3/t16-,17+,19-,23-/m0/s1. The highest BCUT2D eigenvalue weighted by atomic mass is 16.2. The molecular formula is C25H29N3O3. The van der Waals surface area contributed by atoms with Crippen molar-refractivity contribution in [3.63, 3.8) is 0 Å². The third-order valence-corrected chi connectivity index (χ3v) is 7.41. The van der Waals surface area contributed by atoms with E-state index >= 15 is 0 Å². The molecule has 1 aromatic carbocycles. The van der Waals surface area contributed by atoms with Crippen LogP contribution < -0.4 is 5.56 Å². The van der Waals surface area contributed by atoms with E-state index in [4.69, 9.17) is 0 Å². The van der Waals surface area contributed by atoms with Crippen molar-refractivity contribution >= 4 is 11.8 Å². The first kappa shape index (κ1) is 20.0. The van der Waals surface area contributed by atoms with Crippen LogP contribution in [0.25, 0.3) is 0 Å². The fourth-order valence-electron chi connectivity index (χ4n) is 5.67. The number of pyridine rings is 1. The lowest BCUT2D eigenvalue weighted by Crippen LogP contribution is -2.56. The maximum Gasteiger partial charge on any atom is 0.255 e. The number of amides is 2. The fraction of sp³-hybridized carbons (Fsp3) is 0.480. The molecule has 3 aliphatic heterocycles. The minimum absolute atomic E-state index is 0.0386. The molecule has 1 aromatic heterocycles. The van der Waals surface area contributed by atoms with Crippen LogP contribution in [-0.4, -0.2) is 45.3 Å². The Balaban J connectivity index is 1.43. The van der Waals surface area contributed by atoms with Crippen molar-refractivity contribution in [3.05, 3.63) is 69.6 Å². The first-order chi connectivity index (χ1) is 15.0. The summed E-state index contributed by atoms with van der Waals surface area (Å²) in [7, 11) is 0. The molecule has 2 aromatic rings. The first-order valence-corrected chi connectivity index (χ1v) is 11.3. The minimum Gasteiger partial charge on any atom is -0.340 e. The van der Waals surface area contributed by atoms with Gasteiger partial charge in [0.25, 0.3) is 11.5 Å². The van der Waals surface area contributed by atoms with Gasteiger partial charge in [0.15, 0.2) is 0 Å². The van der Waals surface area contributed by atoms with E-state index in [-0.39, 0.29) is 35.1 Å². The molecule has 1 fully saturated rings. The summed E-state index contributed by atoms with van der Waals surface area (Å²) < 4.78 is 1.88. The summed E-state index contributed by atoms with van der Waals surface area (Å²) in [6.07, 6.45) is 1.84. The van der Waals surface area contributed by atoms with E-state index in [1.54, 1.807) is 11.0 Å². The average Bonchev–Trinajstić information content (AvgIpc) is 3.10. The molecule has 5 rings (SSSR count). The van der Waals surface area contributed by atoms with Crippen molar-refractivity contribution in [1.82, 2.24) is 14.4 Å². The summed E-state index contributed by atoms with van der Waals surface area (Å²) in [5.41, 5.74) is 2.79. The summed E-state index contributed by atoms with van der Waals surface area (Å²) in [6, 6.07) is 12.7. The van der Waals surface area contributed by atoms with Crippen LogP contribution in [-0.2, 0) is 17.9 Å². The number of carbonyl (C=O) groups excluding carboxylic acids is 2. The molecule has 0 unspecified atom stereocenters. The molecule has 6 heteroatoms. The second-order valence-electron chi connectivity index (χ2n) is 9.36. The zero-order valence-corrected chi connectivity index (χ0v) is 18.2. The van der Waals surface area contributed by atoms with E-state index in [1.807, 2.05) is 45.9 Å². The predicted molar refractivity (Wildman–Crippen MR) is 118 cm³/mol. The van der Waals surface area contributed by atoms with E-state index in [9.17, 15) is 14.4 Å². The lowest BCUT2D eigenvalue weighted by Gasteiger charge is -2.45. The summed E-state index contributed by atoms with van der Waals surface area (Å²) in [4.78, 5) is 43.1. The normalized spacial score (nSPS) is 23.9. The van der Waals surface area contributed by atoms with Gasteiger partial charge in [-0.15, -0.1) is 0 Å². The Labute approximate surface area is 182 Å². The van der Waals surface area contributed by atoms with Gasteiger partial charge in [0.05, 0.1) is 0 Å². The van der Waals surface area contributed by atoms with Crippen LogP contribution >= 0.6 is 0 Å². The molecule has 0 saturated carbocycles. The first-order valence-electron chi connectivity index (χ1n) is 11.3. The van der Waals surface area contributed by atoms with Crippen molar-refractivity contribution < 1.29 is 9.59 Å². The number of likely N-dealkylation sites (tertiary alicyclic amines) is 1. The van der Waals surface area contributed by atoms with Crippen LogP contribution in [0.2, 0.25) is 0 Å². The van der Waals surface area contributed by atoms with Crippen LogP contribution in [0.4, 0.5) is 0 Å². The van der Waals surface area contributed by atoms with Crippen LogP contribution in [0.15, 0.2) is 47.3 Å². The smallest absolute Gasteiger partial charge is 0.255 e. The van der Waals surface area contributed by atoms with Gasteiger partial charge < -0.3 is 14.4 Å². The van der Waals surface area contributed by atoms with Gasteiger partial charge in [0.1, 0.15) is 6.04 Å². The van der Waals surface area contributed by atoms with Gasteiger partial charge in [-0.2, -0.15) is 0 Å². The summed E-state index contributed by atoms with van der Waals surface area (Å²) in [5.74, 6) is 0.538. The largest absolute Gasteiger partial charge is 0.340 e.